The molecule has 0 unspecified atom stereocenters. The van der Waals surface area contributed by atoms with Crippen molar-refractivity contribution in [3.63, 3.8) is 0 Å². The van der Waals surface area contributed by atoms with Gasteiger partial charge in [0.15, 0.2) is 0 Å². The first kappa shape index (κ1) is 16.2. The number of carbonyl (C=O) groups excluding carboxylic acids is 1. The molecule has 2 aromatic carbocycles. The Hall–Kier alpha value is -3.67. The number of hydrogen-bond acceptors (Lipinski definition) is 3. The van der Waals surface area contributed by atoms with Crippen LogP contribution < -0.4 is 10.7 Å². The van der Waals surface area contributed by atoms with Gasteiger partial charge in [0.2, 0.25) is 5.43 Å². The zero-order valence-corrected chi connectivity index (χ0v) is 13.1. The number of anilines is 1. The third-order valence-corrected chi connectivity index (χ3v) is 3.76. The lowest BCUT2D eigenvalue weighted by molar-refractivity contribution is 0.0695. The first-order valence-corrected chi connectivity index (χ1v) is 7.43. The van der Waals surface area contributed by atoms with Crippen molar-refractivity contribution in [1.82, 2.24) is 4.57 Å². The fourth-order valence-corrected chi connectivity index (χ4v) is 2.48. The molecule has 0 aliphatic carbocycles. The number of rotatable bonds is 3. The van der Waals surface area contributed by atoms with E-state index in [0.717, 1.165) is 16.3 Å². The first-order valence-electron chi connectivity index (χ1n) is 7.43. The van der Waals surface area contributed by atoms with Gasteiger partial charge in [0, 0.05) is 17.3 Å². The highest BCUT2D eigenvalue weighted by Crippen LogP contribution is 2.15. The third kappa shape index (κ3) is 3.05. The van der Waals surface area contributed by atoms with E-state index < -0.39 is 23.0 Å². The number of carbonyl (C=O) groups is 2. The molecular formula is C19H14N2O4. The number of para-hydroxylation sites is 1. The molecule has 0 atom stereocenters. The van der Waals surface area contributed by atoms with Crippen LogP contribution in [0.3, 0.4) is 0 Å². The van der Waals surface area contributed by atoms with E-state index in [1.807, 2.05) is 0 Å². The number of carboxylic acids is 1. The van der Waals surface area contributed by atoms with E-state index in [0.29, 0.717) is 11.2 Å². The minimum Gasteiger partial charge on any atom is -0.477 e. The second-order valence-electron chi connectivity index (χ2n) is 5.32. The lowest BCUT2D eigenvalue weighted by Gasteiger charge is -2.12. The number of nitrogens with one attached hydrogen (secondary N) is 1. The van der Waals surface area contributed by atoms with E-state index in [2.05, 4.69) is 11.9 Å². The molecule has 0 spiro atoms. The van der Waals surface area contributed by atoms with Crippen molar-refractivity contribution in [2.45, 2.75) is 0 Å². The summed E-state index contributed by atoms with van der Waals surface area (Å²) in [5.74, 6) is -1.38. The summed E-state index contributed by atoms with van der Waals surface area (Å²) >= 11 is 0. The lowest BCUT2D eigenvalue weighted by Crippen LogP contribution is -2.25. The highest BCUT2D eigenvalue weighted by Gasteiger charge is 2.17. The Morgan fingerprint density at radius 3 is 2.40 bits per heavy atom. The molecule has 0 aliphatic heterocycles. The average molecular weight is 334 g/mol. The summed E-state index contributed by atoms with van der Waals surface area (Å²) in [7, 11) is 0. The van der Waals surface area contributed by atoms with Crippen LogP contribution in [0.25, 0.3) is 17.0 Å². The van der Waals surface area contributed by atoms with Crippen molar-refractivity contribution in [1.29, 1.82) is 0 Å². The zero-order chi connectivity index (χ0) is 18.0. The second-order valence-corrected chi connectivity index (χ2v) is 5.32. The molecule has 1 aromatic heterocycles. The maximum Gasteiger partial charge on any atom is 0.341 e. The van der Waals surface area contributed by atoms with Gasteiger partial charge in [-0.25, -0.2) is 9.59 Å². The van der Waals surface area contributed by atoms with Crippen LogP contribution in [-0.2, 0) is 0 Å². The van der Waals surface area contributed by atoms with Gasteiger partial charge in [-0.2, -0.15) is 0 Å². The number of amides is 1. The van der Waals surface area contributed by atoms with Crippen molar-refractivity contribution in [2.24, 2.45) is 0 Å². The van der Waals surface area contributed by atoms with Crippen LogP contribution >= 0.6 is 0 Å². The van der Waals surface area contributed by atoms with E-state index in [1.165, 1.54) is 6.07 Å². The fourth-order valence-electron chi connectivity index (χ4n) is 2.48. The maximum absolute atomic E-state index is 12.6. The standard InChI is InChI=1S/C19H14N2O4/c1-2-12-7-9-13(10-8-12)20-19(25)21-11-15(18(23)24)17(22)14-5-3-4-6-16(14)21/h2-11H,1H2,(H,20,25)(H,23,24). The Balaban J connectivity index is 2.08. The summed E-state index contributed by atoms with van der Waals surface area (Å²) in [5.41, 5.74) is 0.686. The predicted octanol–water partition coefficient (Wildman–Crippen LogP) is 3.42. The first-order chi connectivity index (χ1) is 12.0. The summed E-state index contributed by atoms with van der Waals surface area (Å²) in [5, 5.41) is 12.1. The summed E-state index contributed by atoms with van der Waals surface area (Å²) in [4.78, 5) is 36.2. The minimum atomic E-state index is -1.38. The number of aromatic carboxylic acids is 1. The van der Waals surface area contributed by atoms with E-state index in [1.54, 1.807) is 48.5 Å². The van der Waals surface area contributed by atoms with E-state index in [4.69, 9.17) is 0 Å². The molecule has 1 heterocycles. The fraction of sp³-hybridized carbons (Fsp3) is 0. The minimum absolute atomic E-state index is 0.166. The molecule has 6 nitrogen and oxygen atoms in total. The van der Waals surface area contributed by atoms with Crippen LogP contribution in [0.4, 0.5) is 10.5 Å². The van der Waals surface area contributed by atoms with Gasteiger partial charge in [0.1, 0.15) is 5.56 Å². The quantitative estimate of drug-likeness (QED) is 0.768. The molecule has 0 saturated carbocycles. The molecule has 25 heavy (non-hydrogen) atoms. The molecular weight excluding hydrogens is 320 g/mol. The van der Waals surface area contributed by atoms with Crippen LogP contribution in [0.15, 0.2) is 66.1 Å². The molecule has 2 N–H and O–H groups in total. The molecule has 124 valence electrons. The Kier molecular flexibility index (Phi) is 4.18. The summed E-state index contributed by atoms with van der Waals surface area (Å²) in [6, 6.07) is 12.8. The van der Waals surface area contributed by atoms with Gasteiger partial charge in [-0.1, -0.05) is 36.9 Å². The molecule has 3 rings (SSSR count). The van der Waals surface area contributed by atoms with E-state index in [-0.39, 0.29) is 5.39 Å². The van der Waals surface area contributed by atoms with Gasteiger partial charge < -0.3 is 10.4 Å². The molecule has 0 bridgehead atoms. The van der Waals surface area contributed by atoms with Gasteiger partial charge >= 0.3 is 12.0 Å². The molecule has 0 saturated heterocycles. The van der Waals surface area contributed by atoms with Gasteiger partial charge in [-0.15, -0.1) is 0 Å². The van der Waals surface area contributed by atoms with Crippen LogP contribution in [0.5, 0.6) is 0 Å². The summed E-state index contributed by atoms with van der Waals surface area (Å²) < 4.78 is 1.13. The van der Waals surface area contributed by atoms with Gasteiger partial charge in [-0.3, -0.25) is 9.36 Å². The summed E-state index contributed by atoms with van der Waals surface area (Å²) in [6.45, 7) is 3.66. The number of pyridine rings is 1. The van der Waals surface area contributed by atoms with Crippen LogP contribution in [-0.4, -0.2) is 21.7 Å². The average Bonchev–Trinajstić information content (AvgIpc) is 2.62. The largest absolute Gasteiger partial charge is 0.477 e. The molecule has 0 fully saturated rings. The Labute approximate surface area is 142 Å². The monoisotopic (exact) mass is 334 g/mol. The van der Waals surface area contributed by atoms with Crippen molar-refractivity contribution in [3.05, 3.63) is 82.7 Å². The highest BCUT2D eigenvalue weighted by atomic mass is 16.4. The second kappa shape index (κ2) is 6.45. The van der Waals surface area contributed by atoms with Crippen LogP contribution in [0.2, 0.25) is 0 Å². The van der Waals surface area contributed by atoms with Gasteiger partial charge in [0.05, 0.1) is 5.52 Å². The SMILES string of the molecule is C=Cc1ccc(NC(=O)n2cc(C(=O)O)c(=O)c3ccccc32)cc1. The van der Waals surface area contributed by atoms with Crippen molar-refractivity contribution in [3.8, 4) is 0 Å². The molecule has 0 radical (unpaired) electrons. The Morgan fingerprint density at radius 2 is 1.76 bits per heavy atom. The number of carboxylic acid groups (broad SMARTS) is 1. The van der Waals surface area contributed by atoms with Gasteiger partial charge in [-0.05, 0) is 29.8 Å². The van der Waals surface area contributed by atoms with Crippen molar-refractivity contribution in [2.75, 3.05) is 5.32 Å². The zero-order valence-electron chi connectivity index (χ0n) is 13.1. The predicted molar refractivity (Wildman–Crippen MR) is 96.1 cm³/mol. The lowest BCUT2D eigenvalue weighted by atomic mass is 10.1. The number of hydrogen-bond donors (Lipinski definition) is 2. The normalized spacial score (nSPS) is 10.4. The Morgan fingerprint density at radius 1 is 1.08 bits per heavy atom. The number of fused-ring (bicyclic) bond motifs is 1. The molecule has 6 heteroatoms. The van der Waals surface area contributed by atoms with Crippen LogP contribution in [0.1, 0.15) is 15.9 Å². The van der Waals surface area contributed by atoms with E-state index in [9.17, 15) is 19.5 Å². The number of benzene rings is 2. The molecule has 1 amide bonds. The molecule has 0 aliphatic rings. The summed E-state index contributed by atoms with van der Waals surface area (Å²) in [6.07, 6.45) is 2.72. The van der Waals surface area contributed by atoms with Crippen LogP contribution in [0, 0.1) is 0 Å². The third-order valence-electron chi connectivity index (χ3n) is 3.76. The number of nitrogens with zero attached hydrogens (tertiary/aromatic N) is 1. The maximum atomic E-state index is 12.6. The van der Waals surface area contributed by atoms with E-state index >= 15 is 0 Å². The number of aromatic nitrogens is 1. The smallest absolute Gasteiger partial charge is 0.341 e. The highest BCUT2D eigenvalue weighted by molar-refractivity contribution is 6.00. The Bertz CT molecular complexity index is 1050. The van der Waals surface area contributed by atoms with Crippen molar-refractivity contribution >= 4 is 34.7 Å². The molecule has 3 aromatic rings. The van der Waals surface area contributed by atoms with Crippen molar-refractivity contribution < 1.29 is 14.7 Å². The topological polar surface area (TPSA) is 88.4 Å². The van der Waals surface area contributed by atoms with Gasteiger partial charge in [0.25, 0.3) is 0 Å².